The highest BCUT2D eigenvalue weighted by Gasteiger charge is 2.26. The number of amides is 1. The first-order valence-corrected chi connectivity index (χ1v) is 6.41. The summed E-state index contributed by atoms with van der Waals surface area (Å²) in [7, 11) is 3.89. The van der Waals surface area contributed by atoms with E-state index >= 15 is 0 Å². The summed E-state index contributed by atoms with van der Waals surface area (Å²) in [4.78, 5) is 14.1. The standard InChI is InChI=1S/C14H21ClN2O/c1-10(15)14(2,3)16-13(18)11-7-6-8-12(9-11)17(4)5/h6-10H,1-5H3,(H,16,18). The van der Waals surface area contributed by atoms with Crippen molar-refractivity contribution in [2.75, 3.05) is 19.0 Å². The molecule has 1 amide bonds. The minimum Gasteiger partial charge on any atom is -0.378 e. The molecule has 3 nitrogen and oxygen atoms in total. The Hall–Kier alpha value is -1.22. The smallest absolute Gasteiger partial charge is 0.251 e. The Morgan fingerprint density at radius 1 is 1.39 bits per heavy atom. The average Bonchev–Trinajstić information content (AvgIpc) is 2.28. The maximum absolute atomic E-state index is 12.2. The van der Waals surface area contributed by atoms with Gasteiger partial charge in [0.05, 0.1) is 10.9 Å². The summed E-state index contributed by atoms with van der Waals surface area (Å²) in [6, 6.07) is 7.51. The van der Waals surface area contributed by atoms with Gasteiger partial charge in [-0.25, -0.2) is 0 Å². The van der Waals surface area contributed by atoms with Crippen LogP contribution in [0.3, 0.4) is 0 Å². The second-order valence-corrected chi connectivity index (χ2v) is 5.89. The molecule has 0 spiro atoms. The number of carbonyl (C=O) groups excluding carboxylic acids is 1. The molecule has 100 valence electrons. The van der Waals surface area contributed by atoms with E-state index < -0.39 is 5.54 Å². The molecule has 1 atom stereocenters. The van der Waals surface area contributed by atoms with Crippen LogP contribution in [0.5, 0.6) is 0 Å². The van der Waals surface area contributed by atoms with Gasteiger partial charge in [0.1, 0.15) is 0 Å². The number of benzene rings is 1. The van der Waals surface area contributed by atoms with Crippen molar-refractivity contribution in [3.63, 3.8) is 0 Å². The Morgan fingerprint density at radius 3 is 2.50 bits per heavy atom. The minimum atomic E-state index is -0.438. The van der Waals surface area contributed by atoms with Crippen molar-refractivity contribution in [3.05, 3.63) is 29.8 Å². The fourth-order valence-corrected chi connectivity index (χ4v) is 1.44. The average molecular weight is 269 g/mol. The summed E-state index contributed by atoms with van der Waals surface area (Å²) in [5.41, 5.74) is 1.21. The Bertz CT molecular complexity index is 428. The van der Waals surface area contributed by atoms with Crippen molar-refractivity contribution >= 4 is 23.2 Å². The Kier molecular flexibility index (Phi) is 4.63. The summed E-state index contributed by atoms with van der Waals surface area (Å²) in [5.74, 6) is -0.101. The molecule has 0 aliphatic heterocycles. The molecule has 0 radical (unpaired) electrons. The van der Waals surface area contributed by atoms with Crippen molar-refractivity contribution in [1.29, 1.82) is 0 Å². The minimum absolute atomic E-state index is 0.101. The van der Waals surface area contributed by atoms with E-state index in [4.69, 9.17) is 11.6 Å². The largest absolute Gasteiger partial charge is 0.378 e. The summed E-state index contributed by atoms with van der Waals surface area (Å²) >= 11 is 6.06. The molecule has 0 heterocycles. The van der Waals surface area contributed by atoms with Gasteiger partial charge in [-0.2, -0.15) is 0 Å². The molecule has 4 heteroatoms. The number of nitrogens with zero attached hydrogens (tertiary/aromatic N) is 1. The molecule has 1 N–H and O–H groups in total. The molecule has 0 aromatic heterocycles. The van der Waals surface area contributed by atoms with Crippen LogP contribution in [-0.4, -0.2) is 30.9 Å². The first-order chi connectivity index (χ1) is 8.24. The lowest BCUT2D eigenvalue weighted by Crippen LogP contribution is -2.49. The molecule has 0 aliphatic rings. The quantitative estimate of drug-likeness (QED) is 0.852. The number of hydrogen-bond donors (Lipinski definition) is 1. The van der Waals surface area contributed by atoms with E-state index in [9.17, 15) is 4.79 Å². The molecule has 1 rings (SSSR count). The number of alkyl halides is 1. The van der Waals surface area contributed by atoms with Crippen LogP contribution in [0.15, 0.2) is 24.3 Å². The number of nitrogens with one attached hydrogen (secondary N) is 1. The van der Waals surface area contributed by atoms with E-state index in [-0.39, 0.29) is 11.3 Å². The number of hydrogen-bond acceptors (Lipinski definition) is 2. The SMILES string of the molecule is CC(Cl)C(C)(C)NC(=O)c1cccc(N(C)C)c1. The lowest BCUT2D eigenvalue weighted by Gasteiger charge is -2.29. The number of rotatable bonds is 4. The van der Waals surface area contributed by atoms with E-state index in [1.807, 2.05) is 58.0 Å². The highest BCUT2D eigenvalue weighted by Crippen LogP contribution is 2.17. The third kappa shape index (κ3) is 3.64. The van der Waals surface area contributed by atoms with Crippen molar-refractivity contribution < 1.29 is 4.79 Å². The van der Waals surface area contributed by atoms with E-state index in [1.54, 1.807) is 6.07 Å². The van der Waals surface area contributed by atoms with Gasteiger partial charge in [-0.1, -0.05) is 6.07 Å². The Balaban J connectivity index is 2.88. The molecule has 18 heavy (non-hydrogen) atoms. The van der Waals surface area contributed by atoms with E-state index in [0.717, 1.165) is 5.69 Å². The first kappa shape index (κ1) is 14.8. The highest BCUT2D eigenvalue weighted by molar-refractivity contribution is 6.21. The summed E-state index contributed by atoms with van der Waals surface area (Å²) < 4.78 is 0. The normalized spacial score (nSPS) is 13.0. The van der Waals surface area contributed by atoms with Gasteiger partial charge in [0.2, 0.25) is 0 Å². The highest BCUT2D eigenvalue weighted by atomic mass is 35.5. The van der Waals surface area contributed by atoms with E-state index in [0.29, 0.717) is 5.56 Å². The lowest BCUT2D eigenvalue weighted by atomic mass is 10.0. The number of carbonyl (C=O) groups is 1. The number of anilines is 1. The van der Waals surface area contributed by atoms with Gasteiger partial charge in [-0.3, -0.25) is 4.79 Å². The van der Waals surface area contributed by atoms with Gasteiger partial charge in [0.15, 0.2) is 0 Å². The summed E-state index contributed by atoms with van der Waals surface area (Å²) in [6.07, 6.45) is 0. The van der Waals surface area contributed by atoms with Crippen LogP contribution in [0.4, 0.5) is 5.69 Å². The molecule has 0 aliphatic carbocycles. The summed E-state index contributed by atoms with van der Waals surface area (Å²) in [5, 5.41) is 2.81. The second kappa shape index (κ2) is 5.61. The third-order valence-electron chi connectivity index (χ3n) is 3.05. The van der Waals surface area contributed by atoms with Crippen molar-refractivity contribution in [2.45, 2.75) is 31.7 Å². The van der Waals surface area contributed by atoms with Gasteiger partial charge in [0, 0.05) is 25.3 Å². The van der Waals surface area contributed by atoms with E-state index in [2.05, 4.69) is 5.32 Å². The predicted molar refractivity (Wildman–Crippen MR) is 77.6 cm³/mol. The van der Waals surface area contributed by atoms with E-state index in [1.165, 1.54) is 0 Å². The predicted octanol–water partition coefficient (Wildman–Crippen LogP) is 2.89. The molecule has 1 aromatic carbocycles. The fourth-order valence-electron chi connectivity index (χ4n) is 1.39. The zero-order valence-corrected chi connectivity index (χ0v) is 12.4. The van der Waals surface area contributed by atoms with Crippen LogP contribution in [0.25, 0.3) is 0 Å². The molecule has 0 saturated carbocycles. The van der Waals surface area contributed by atoms with Crippen LogP contribution >= 0.6 is 11.6 Å². The number of halogens is 1. The maximum Gasteiger partial charge on any atom is 0.251 e. The Labute approximate surface area is 114 Å². The van der Waals surface area contributed by atoms with Gasteiger partial charge in [-0.15, -0.1) is 11.6 Å². The van der Waals surface area contributed by atoms with Crippen LogP contribution in [0.2, 0.25) is 0 Å². The first-order valence-electron chi connectivity index (χ1n) is 5.98. The van der Waals surface area contributed by atoms with Crippen LogP contribution in [0, 0.1) is 0 Å². The molecular weight excluding hydrogens is 248 g/mol. The van der Waals surface area contributed by atoms with Crippen LogP contribution in [-0.2, 0) is 0 Å². The van der Waals surface area contributed by atoms with Crippen LogP contribution < -0.4 is 10.2 Å². The maximum atomic E-state index is 12.2. The molecule has 1 unspecified atom stereocenters. The zero-order chi connectivity index (χ0) is 13.9. The Morgan fingerprint density at radius 2 is 2.00 bits per heavy atom. The van der Waals surface area contributed by atoms with Crippen LogP contribution in [0.1, 0.15) is 31.1 Å². The molecular formula is C14H21ClN2O. The second-order valence-electron chi connectivity index (χ2n) is 5.24. The molecule has 1 aromatic rings. The molecule has 0 fully saturated rings. The summed E-state index contributed by atoms with van der Waals surface area (Å²) in [6.45, 7) is 5.70. The van der Waals surface area contributed by atoms with Gasteiger partial charge in [-0.05, 0) is 39.0 Å². The van der Waals surface area contributed by atoms with Crippen molar-refractivity contribution in [1.82, 2.24) is 5.32 Å². The van der Waals surface area contributed by atoms with Gasteiger partial charge >= 0.3 is 0 Å². The van der Waals surface area contributed by atoms with Crippen molar-refractivity contribution in [2.24, 2.45) is 0 Å². The zero-order valence-electron chi connectivity index (χ0n) is 11.6. The third-order valence-corrected chi connectivity index (χ3v) is 3.60. The van der Waals surface area contributed by atoms with Crippen molar-refractivity contribution in [3.8, 4) is 0 Å². The lowest BCUT2D eigenvalue weighted by molar-refractivity contribution is 0.0912. The van der Waals surface area contributed by atoms with Gasteiger partial charge in [0.25, 0.3) is 5.91 Å². The monoisotopic (exact) mass is 268 g/mol. The van der Waals surface area contributed by atoms with Gasteiger partial charge < -0.3 is 10.2 Å². The topological polar surface area (TPSA) is 32.3 Å². The molecule has 0 bridgehead atoms. The fraction of sp³-hybridized carbons (Fsp3) is 0.500. The molecule has 0 saturated heterocycles.